The highest BCUT2D eigenvalue weighted by Crippen LogP contribution is 2.20. The summed E-state index contributed by atoms with van der Waals surface area (Å²) in [6, 6.07) is 5.84. The standard InChI is InChI=1S/C19H18F2N4O4/c1-3-25-9-14(17(24-25)19(27)22-2)23-18(26)16-7-5-12(29-16)10-28-15-6-4-11(20)8-13(15)21/h4-9H,3,10H2,1-2H3,(H,22,27)(H,23,26). The molecule has 0 atom stereocenters. The van der Waals surface area contributed by atoms with Gasteiger partial charge in [0.15, 0.2) is 23.0 Å². The molecule has 0 aliphatic heterocycles. The number of carbonyl (C=O) groups excluding carboxylic acids is 2. The van der Waals surface area contributed by atoms with Gasteiger partial charge in [-0.15, -0.1) is 0 Å². The van der Waals surface area contributed by atoms with Gasteiger partial charge < -0.3 is 19.8 Å². The Kier molecular flexibility index (Phi) is 5.91. The second kappa shape index (κ2) is 8.55. The Bertz CT molecular complexity index is 1040. The van der Waals surface area contributed by atoms with Crippen LogP contribution in [0.4, 0.5) is 14.5 Å². The van der Waals surface area contributed by atoms with E-state index in [1.54, 1.807) is 0 Å². The van der Waals surface area contributed by atoms with E-state index < -0.39 is 23.4 Å². The first kappa shape index (κ1) is 20.1. The largest absolute Gasteiger partial charge is 0.483 e. The van der Waals surface area contributed by atoms with Crippen molar-refractivity contribution in [2.24, 2.45) is 0 Å². The van der Waals surface area contributed by atoms with Crippen LogP contribution in [-0.2, 0) is 13.2 Å². The van der Waals surface area contributed by atoms with Crippen molar-refractivity contribution in [3.8, 4) is 5.75 Å². The Balaban J connectivity index is 1.68. The topological polar surface area (TPSA) is 98.4 Å². The van der Waals surface area contributed by atoms with Crippen LogP contribution < -0.4 is 15.4 Å². The van der Waals surface area contributed by atoms with Gasteiger partial charge >= 0.3 is 0 Å². The lowest BCUT2D eigenvalue weighted by atomic mass is 10.3. The monoisotopic (exact) mass is 404 g/mol. The highest BCUT2D eigenvalue weighted by molar-refractivity contribution is 6.06. The van der Waals surface area contributed by atoms with Gasteiger partial charge in [-0.3, -0.25) is 14.3 Å². The fraction of sp³-hybridized carbons (Fsp3) is 0.211. The van der Waals surface area contributed by atoms with Gasteiger partial charge in [0.2, 0.25) is 0 Å². The lowest BCUT2D eigenvalue weighted by Gasteiger charge is -2.05. The first-order valence-electron chi connectivity index (χ1n) is 8.68. The summed E-state index contributed by atoms with van der Waals surface area (Å²) in [5.41, 5.74) is 0.309. The average molecular weight is 404 g/mol. The van der Waals surface area contributed by atoms with Crippen molar-refractivity contribution >= 4 is 17.5 Å². The van der Waals surface area contributed by atoms with Gasteiger partial charge in [-0.2, -0.15) is 5.10 Å². The van der Waals surface area contributed by atoms with Crippen molar-refractivity contribution in [1.82, 2.24) is 15.1 Å². The molecular formula is C19H18F2N4O4. The Labute approximate surface area is 164 Å². The maximum Gasteiger partial charge on any atom is 0.291 e. The Morgan fingerprint density at radius 2 is 2.00 bits per heavy atom. The number of furan rings is 1. The number of nitrogens with one attached hydrogen (secondary N) is 2. The lowest BCUT2D eigenvalue weighted by molar-refractivity contribution is 0.0958. The molecule has 0 radical (unpaired) electrons. The number of nitrogens with zero attached hydrogens (tertiary/aromatic N) is 2. The highest BCUT2D eigenvalue weighted by Gasteiger charge is 2.20. The molecule has 2 N–H and O–H groups in total. The van der Waals surface area contributed by atoms with Gasteiger partial charge in [0.25, 0.3) is 11.8 Å². The van der Waals surface area contributed by atoms with Crippen LogP contribution in [0.25, 0.3) is 0 Å². The number of halogens is 2. The predicted molar refractivity (Wildman–Crippen MR) is 98.6 cm³/mol. The molecule has 2 heterocycles. The van der Waals surface area contributed by atoms with Gasteiger partial charge in [0.05, 0.1) is 5.69 Å². The van der Waals surface area contributed by atoms with E-state index in [0.29, 0.717) is 12.6 Å². The van der Waals surface area contributed by atoms with E-state index in [9.17, 15) is 18.4 Å². The van der Waals surface area contributed by atoms with Crippen molar-refractivity contribution in [3.05, 3.63) is 65.4 Å². The van der Waals surface area contributed by atoms with E-state index in [1.807, 2.05) is 6.92 Å². The molecule has 8 nitrogen and oxygen atoms in total. The summed E-state index contributed by atoms with van der Waals surface area (Å²) in [4.78, 5) is 24.4. The SMILES string of the molecule is CCn1cc(NC(=O)c2ccc(COc3ccc(F)cc3F)o2)c(C(=O)NC)n1. The van der Waals surface area contributed by atoms with Crippen molar-refractivity contribution in [2.45, 2.75) is 20.1 Å². The number of anilines is 1. The quantitative estimate of drug-likeness (QED) is 0.631. The Morgan fingerprint density at radius 1 is 1.21 bits per heavy atom. The summed E-state index contributed by atoms with van der Waals surface area (Å²) in [5, 5.41) is 9.14. The van der Waals surface area contributed by atoms with Crippen LogP contribution >= 0.6 is 0 Å². The summed E-state index contributed by atoms with van der Waals surface area (Å²) in [6.45, 7) is 2.20. The zero-order valence-corrected chi connectivity index (χ0v) is 15.7. The molecule has 0 saturated heterocycles. The molecule has 0 spiro atoms. The van der Waals surface area contributed by atoms with E-state index in [2.05, 4.69) is 15.7 Å². The van der Waals surface area contributed by atoms with Crippen molar-refractivity contribution < 1.29 is 27.5 Å². The fourth-order valence-electron chi connectivity index (χ4n) is 2.46. The van der Waals surface area contributed by atoms with E-state index in [0.717, 1.165) is 12.1 Å². The molecule has 3 aromatic rings. The normalized spacial score (nSPS) is 10.6. The third-order valence-corrected chi connectivity index (χ3v) is 3.93. The molecule has 0 fully saturated rings. The van der Waals surface area contributed by atoms with Crippen LogP contribution in [0.1, 0.15) is 33.7 Å². The number of benzene rings is 1. The minimum atomic E-state index is -0.843. The summed E-state index contributed by atoms with van der Waals surface area (Å²) in [5.74, 6) is -2.51. The number of ether oxygens (including phenoxy) is 1. The van der Waals surface area contributed by atoms with Gasteiger partial charge in [-0.25, -0.2) is 8.78 Å². The molecule has 1 aromatic carbocycles. The number of aryl methyl sites for hydroxylation is 1. The number of amides is 2. The van der Waals surface area contributed by atoms with E-state index in [4.69, 9.17) is 9.15 Å². The van der Waals surface area contributed by atoms with E-state index in [1.165, 1.54) is 30.1 Å². The molecule has 0 saturated carbocycles. The van der Waals surface area contributed by atoms with Crippen LogP contribution in [-0.4, -0.2) is 28.6 Å². The average Bonchev–Trinajstić information content (AvgIpc) is 3.33. The maximum atomic E-state index is 13.6. The zero-order valence-electron chi connectivity index (χ0n) is 15.7. The third-order valence-electron chi connectivity index (χ3n) is 3.93. The van der Waals surface area contributed by atoms with Crippen LogP contribution in [0.3, 0.4) is 0 Å². The molecule has 0 bridgehead atoms. The number of aromatic nitrogens is 2. The fourth-order valence-corrected chi connectivity index (χ4v) is 2.46. The third kappa shape index (κ3) is 4.60. The summed E-state index contributed by atoms with van der Waals surface area (Å²) in [7, 11) is 1.46. The van der Waals surface area contributed by atoms with Crippen LogP contribution in [0, 0.1) is 11.6 Å². The summed E-state index contributed by atoms with van der Waals surface area (Å²) >= 11 is 0. The molecular weight excluding hydrogens is 386 g/mol. The molecule has 29 heavy (non-hydrogen) atoms. The molecule has 152 valence electrons. The Hall–Kier alpha value is -3.69. The molecule has 2 amide bonds. The second-order valence-electron chi connectivity index (χ2n) is 5.91. The minimum Gasteiger partial charge on any atom is -0.483 e. The number of hydrogen-bond donors (Lipinski definition) is 2. The van der Waals surface area contributed by atoms with Crippen molar-refractivity contribution in [1.29, 1.82) is 0 Å². The van der Waals surface area contributed by atoms with Gasteiger partial charge in [0.1, 0.15) is 18.2 Å². The van der Waals surface area contributed by atoms with E-state index in [-0.39, 0.29) is 35.3 Å². The molecule has 0 aliphatic carbocycles. The number of carbonyl (C=O) groups is 2. The zero-order chi connectivity index (χ0) is 21.0. The first-order chi connectivity index (χ1) is 13.9. The smallest absolute Gasteiger partial charge is 0.291 e. The highest BCUT2D eigenvalue weighted by atomic mass is 19.1. The van der Waals surface area contributed by atoms with Crippen LogP contribution in [0.5, 0.6) is 5.75 Å². The second-order valence-corrected chi connectivity index (χ2v) is 5.91. The van der Waals surface area contributed by atoms with Gasteiger partial charge in [-0.1, -0.05) is 0 Å². The molecule has 10 heteroatoms. The number of rotatable bonds is 7. The lowest BCUT2D eigenvalue weighted by Crippen LogP contribution is -2.21. The molecule has 0 aliphatic rings. The summed E-state index contributed by atoms with van der Waals surface area (Å²) < 4.78 is 38.7. The number of hydrogen-bond acceptors (Lipinski definition) is 5. The van der Waals surface area contributed by atoms with Crippen LogP contribution in [0.15, 0.2) is 40.9 Å². The minimum absolute atomic E-state index is 0.0321. The van der Waals surface area contributed by atoms with Gasteiger partial charge in [0, 0.05) is 25.9 Å². The van der Waals surface area contributed by atoms with Gasteiger partial charge in [-0.05, 0) is 31.2 Å². The predicted octanol–water partition coefficient (Wildman–Crippen LogP) is 2.97. The van der Waals surface area contributed by atoms with Crippen LogP contribution in [0.2, 0.25) is 0 Å². The molecule has 3 rings (SSSR count). The maximum absolute atomic E-state index is 13.6. The van der Waals surface area contributed by atoms with E-state index >= 15 is 0 Å². The molecule has 0 unspecified atom stereocenters. The van der Waals surface area contributed by atoms with Crippen molar-refractivity contribution in [2.75, 3.05) is 12.4 Å². The van der Waals surface area contributed by atoms with Crippen molar-refractivity contribution in [3.63, 3.8) is 0 Å². The first-order valence-corrected chi connectivity index (χ1v) is 8.68. The molecule has 2 aromatic heterocycles. The summed E-state index contributed by atoms with van der Waals surface area (Å²) in [6.07, 6.45) is 1.53. The Morgan fingerprint density at radius 3 is 2.69 bits per heavy atom.